The van der Waals surface area contributed by atoms with Gasteiger partial charge in [0, 0.05) is 49.6 Å². The Morgan fingerprint density at radius 2 is 2.13 bits per heavy atom. The van der Waals surface area contributed by atoms with Gasteiger partial charge in [-0.2, -0.15) is 10.2 Å². The van der Waals surface area contributed by atoms with E-state index in [2.05, 4.69) is 20.6 Å². The van der Waals surface area contributed by atoms with E-state index >= 15 is 0 Å². The number of aromatic nitrogens is 4. The minimum absolute atomic E-state index is 0.0156. The standard InChI is InChI=1S/C21H23FN6O2/c1-14-6-9-23-28(14)11-8-20(29)27-10-7-15(13-27)21(30)24-19-12-18(25-26-19)16-4-2-3-5-17(16)22/h2-6,9,12,15H,7-8,10-11,13H2,1H3,(H2,24,25,26,30). The summed E-state index contributed by atoms with van der Waals surface area (Å²) in [6.45, 7) is 3.40. The van der Waals surface area contributed by atoms with Gasteiger partial charge in [-0.25, -0.2) is 4.39 Å². The molecule has 156 valence electrons. The number of anilines is 1. The Morgan fingerprint density at radius 1 is 1.30 bits per heavy atom. The SMILES string of the molecule is Cc1ccnn1CCC(=O)N1CCC(C(=O)Nc2cc(-c3ccccc3F)[nH]n2)C1. The van der Waals surface area contributed by atoms with Crippen LogP contribution in [-0.2, 0) is 16.1 Å². The van der Waals surface area contributed by atoms with Gasteiger partial charge in [-0.3, -0.25) is 19.4 Å². The Bertz CT molecular complexity index is 1060. The first kappa shape index (κ1) is 19.8. The molecule has 0 bridgehead atoms. The highest BCUT2D eigenvalue weighted by Crippen LogP contribution is 2.24. The van der Waals surface area contributed by atoms with Crippen LogP contribution in [0.5, 0.6) is 0 Å². The van der Waals surface area contributed by atoms with Crippen molar-refractivity contribution in [2.75, 3.05) is 18.4 Å². The zero-order valence-corrected chi connectivity index (χ0v) is 16.6. The summed E-state index contributed by atoms with van der Waals surface area (Å²) < 4.78 is 15.7. The van der Waals surface area contributed by atoms with Crippen LogP contribution in [0.1, 0.15) is 18.5 Å². The third-order valence-corrected chi connectivity index (χ3v) is 5.37. The quantitative estimate of drug-likeness (QED) is 0.653. The van der Waals surface area contributed by atoms with Crippen molar-refractivity contribution in [2.24, 2.45) is 5.92 Å². The molecule has 2 amide bonds. The van der Waals surface area contributed by atoms with Gasteiger partial charge in [-0.15, -0.1) is 0 Å². The zero-order chi connectivity index (χ0) is 21.1. The smallest absolute Gasteiger partial charge is 0.230 e. The molecule has 8 nitrogen and oxygen atoms in total. The predicted octanol–water partition coefficient (Wildman–Crippen LogP) is 2.60. The number of nitrogens with zero attached hydrogens (tertiary/aromatic N) is 4. The number of hydrogen-bond acceptors (Lipinski definition) is 4. The molecule has 1 fully saturated rings. The molecule has 0 saturated carbocycles. The lowest BCUT2D eigenvalue weighted by atomic mass is 10.1. The van der Waals surface area contributed by atoms with Gasteiger partial charge < -0.3 is 10.2 Å². The van der Waals surface area contributed by atoms with E-state index in [4.69, 9.17) is 0 Å². The highest BCUT2D eigenvalue weighted by molar-refractivity contribution is 5.93. The molecule has 1 atom stereocenters. The zero-order valence-electron chi connectivity index (χ0n) is 16.6. The molecule has 3 aromatic rings. The first-order valence-corrected chi connectivity index (χ1v) is 9.88. The van der Waals surface area contributed by atoms with Crippen molar-refractivity contribution in [3.05, 3.63) is 54.1 Å². The molecular weight excluding hydrogens is 387 g/mol. The van der Waals surface area contributed by atoms with E-state index in [9.17, 15) is 14.0 Å². The second-order valence-electron chi connectivity index (χ2n) is 7.41. The Morgan fingerprint density at radius 3 is 2.90 bits per heavy atom. The van der Waals surface area contributed by atoms with E-state index in [-0.39, 0.29) is 23.5 Å². The van der Waals surface area contributed by atoms with Crippen LogP contribution in [0.25, 0.3) is 11.3 Å². The normalized spacial score (nSPS) is 16.1. The molecule has 2 aromatic heterocycles. The highest BCUT2D eigenvalue weighted by Gasteiger charge is 2.31. The third-order valence-electron chi connectivity index (χ3n) is 5.37. The van der Waals surface area contributed by atoms with Crippen LogP contribution < -0.4 is 5.32 Å². The summed E-state index contributed by atoms with van der Waals surface area (Å²) in [4.78, 5) is 26.8. The first-order chi connectivity index (χ1) is 14.5. The molecule has 1 aliphatic rings. The summed E-state index contributed by atoms with van der Waals surface area (Å²) >= 11 is 0. The molecular formula is C21H23FN6O2. The number of rotatable bonds is 6. The Balaban J connectivity index is 1.30. The Kier molecular flexibility index (Phi) is 5.60. The maximum absolute atomic E-state index is 13.9. The number of benzene rings is 1. The molecule has 9 heteroatoms. The van der Waals surface area contributed by atoms with Crippen molar-refractivity contribution < 1.29 is 14.0 Å². The summed E-state index contributed by atoms with van der Waals surface area (Å²) in [6, 6.07) is 9.84. The van der Waals surface area contributed by atoms with E-state index in [0.29, 0.717) is 49.6 Å². The molecule has 2 N–H and O–H groups in total. The number of nitrogens with one attached hydrogen (secondary N) is 2. The van der Waals surface area contributed by atoms with Crippen LogP contribution in [0, 0.1) is 18.7 Å². The van der Waals surface area contributed by atoms with Crippen molar-refractivity contribution in [1.82, 2.24) is 24.9 Å². The van der Waals surface area contributed by atoms with Crippen molar-refractivity contribution >= 4 is 17.6 Å². The number of aromatic amines is 1. The molecule has 1 aromatic carbocycles. The molecule has 3 heterocycles. The fraction of sp³-hybridized carbons (Fsp3) is 0.333. The minimum atomic E-state index is -0.366. The van der Waals surface area contributed by atoms with Crippen LogP contribution in [0.3, 0.4) is 0 Å². The van der Waals surface area contributed by atoms with Gasteiger partial charge in [0.1, 0.15) is 5.82 Å². The van der Waals surface area contributed by atoms with Gasteiger partial charge in [0.05, 0.1) is 11.6 Å². The molecule has 30 heavy (non-hydrogen) atoms. The van der Waals surface area contributed by atoms with Crippen LogP contribution in [0.4, 0.5) is 10.2 Å². The maximum Gasteiger partial charge on any atom is 0.230 e. The Labute approximate surface area is 173 Å². The summed E-state index contributed by atoms with van der Waals surface area (Å²) in [6.07, 6.45) is 2.66. The summed E-state index contributed by atoms with van der Waals surface area (Å²) in [5, 5.41) is 13.7. The van der Waals surface area contributed by atoms with Crippen molar-refractivity contribution in [2.45, 2.75) is 26.3 Å². The maximum atomic E-state index is 13.9. The first-order valence-electron chi connectivity index (χ1n) is 9.88. The number of likely N-dealkylation sites (tertiary alicyclic amines) is 1. The van der Waals surface area contributed by atoms with E-state index in [1.54, 1.807) is 40.0 Å². The topological polar surface area (TPSA) is 95.9 Å². The summed E-state index contributed by atoms with van der Waals surface area (Å²) in [7, 11) is 0. The summed E-state index contributed by atoms with van der Waals surface area (Å²) in [5.41, 5.74) is 1.88. The van der Waals surface area contributed by atoms with Gasteiger partial charge >= 0.3 is 0 Å². The average Bonchev–Trinajstić information content (AvgIpc) is 3.48. The number of hydrogen-bond donors (Lipinski definition) is 2. The molecule has 0 radical (unpaired) electrons. The second kappa shape index (κ2) is 8.48. The van der Waals surface area contributed by atoms with E-state index in [1.807, 2.05) is 13.0 Å². The van der Waals surface area contributed by atoms with Gasteiger partial charge in [0.2, 0.25) is 11.8 Å². The molecule has 0 spiro atoms. The predicted molar refractivity (Wildman–Crippen MR) is 109 cm³/mol. The molecule has 0 aliphatic carbocycles. The lowest BCUT2D eigenvalue weighted by Crippen LogP contribution is -2.32. The van der Waals surface area contributed by atoms with E-state index in [1.165, 1.54) is 6.07 Å². The van der Waals surface area contributed by atoms with Crippen molar-refractivity contribution in [3.63, 3.8) is 0 Å². The number of halogens is 1. The van der Waals surface area contributed by atoms with Crippen molar-refractivity contribution in [1.29, 1.82) is 0 Å². The van der Waals surface area contributed by atoms with Crippen molar-refractivity contribution in [3.8, 4) is 11.3 Å². The number of aryl methyl sites for hydroxylation is 2. The monoisotopic (exact) mass is 410 g/mol. The highest BCUT2D eigenvalue weighted by atomic mass is 19.1. The molecule has 1 unspecified atom stereocenters. The lowest BCUT2D eigenvalue weighted by molar-refractivity contribution is -0.130. The van der Waals surface area contributed by atoms with E-state index < -0.39 is 0 Å². The second-order valence-corrected chi connectivity index (χ2v) is 7.41. The van der Waals surface area contributed by atoms with Crippen LogP contribution >= 0.6 is 0 Å². The van der Waals surface area contributed by atoms with Gasteiger partial charge in [0.15, 0.2) is 5.82 Å². The lowest BCUT2D eigenvalue weighted by Gasteiger charge is -2.16. The van der Waals surface area contributed by atoms with Crippen LogP contribution in [0.2, 0.25) is 0 Å². The Hall–Kier alpha value is -3.49. The fourth-order valence-corrected chi connectivity index (χ4v) is 3.62. The number of carbonyl (C=O) groups excluding carboxylic acids is 2. The molecule has 1 saturated heterocycles. The largest absolute Gasteiger partial charge is 0.342 e. The van der Waals surface area contributed by atoms with E-state index in [0.717, 1.165) is 5.69 Å². The van der Waals surface area contributed by atoms with Gasteiger partial charge in [-0.05, 0) is 31.5 Å². The summed E-state index contributed by atoms with van der Waals surface area (Å²) in [5.74, 6) is -0.512. The minimum Gasteiger partial charge on any atom is -0.342 e. The van der Waals surface area contributed by atoms with Crippen LogP contribution in [0.15, 0.2) is 42.6 Å². The molecule has 4 rings (SSSR count). The number of amides is 2. The number of carbonyl (C=O) groups is 2. The van der Waals surface area contributed by atoms with Gasteiger partial charge in [0.25, 0.3) is 0 Å². The molecule has 1 aliphatic heterocycles. The third kappa shape index (κ3) is 4.24. The van der Waals surface area contributed by atoms with Crippen LogP contribution in [-0.4, -0.2) is 49.8 Å². The number of H-pyrrole nitrogens is 1. The fourth-order valence-electron chi connectivity index (χ4n) is 3.62. The average molecular weight is 410 g/mol. The van der Waals surface area contributed by atoms with Gasteiger partial charge in [-0.1, -0.05) is 12.1 Å².